The first-order valence-electron chi connectivity index (χ1n) is 9.34. The number of hydrogen-bond acceptors (Lipinski definition) is 6. The molecule has 0 amide bonds. The van der Waals surface area contributed by atoms with Crippen LogP contribution in [-0.4, -0.2) is 17.8 Å². The van der Waals surface area contributed by atoms with Crippen molar-refractivity contribution in [1.82, 2.24) is 4.90 Å². The predicted molar refractivity (Wildman–Crippen MR) is 121 cm³/mol. The van der Waals surface area contributed by atoms with E-state index >= 15 is 0 Å². The second-order valence-corrected chi connectivity index (χ2v) is 7.88. The maximum Gasteiger partial charge on any atom is 0.180 e. The number of hydrogen-bond donors (Lipinski definition) is 2. The standard InChI is InChI=1S/C23H23N5S/c1-27(16-17-10-4-2-5-11-17)22-19-14-8-9-15-20(19)28(25)23(26-22)21(24)29-18-12-6-3-7-13-18/h2-15H,16,24-25H2,1H3/b23-21+. The van der Waals surface area contributed by atoms with Crippen LogP contribution in [0.5, 0.6) is 0 Å². The van der Waals surface area contributed by atoms with Crippen LogP contribution in [0, 0.1) is 0 Å². The van der Waals surface area contributed by atoms with E-state index in [1.54, 1.807) is 5.01 Å². The van der Waals surface area contributed by atoms with Crippen LogP contribution in [0.4, 0.5) is 5.69 Å². The summed E-state index contributed by atoms with van der Waals surface area (Å²) in [5, 5.41) is 2.12. The number of aliphatic imine (C=N–C) groups is 1. The molecule has 1 heterocycles. The molecule has 146 valence electrons. The summed E-state index contributed by atoms with van der Waals surface area (Å²) in [6, 6.07) is 28.3. The van der Waals surface area contributed by atoms with Crippen LogP contribution >= 0.6 is 11.8 Å². The molecule has 0 spiro atoms. The van der Waals surface area contributed by atoms with Crippen molar-refractivity contribution in [3.05, 3.63) is 107 Å². The molecule has 3 aromatic carbocycles. The van der Waals surface area contributed by atoms with Gasteiger partial charge in [-0.2, -0.15) is 0 Å². The molecule has 29 heavy (non-hydrogen) atoms. The van der Waals surface area contributed by atoms with Crippen molar-refractivity contribution in [3.63, 3.8) is 0 Å². The van der Waals surface area contributed by atoms with Crippen LogP contribution in [0.1, 0.15) is 11.1 Å². The minimum atomic E-state index is 0.549. The third kappa shape index (κ3) is 4.13. The molecule has 1 aliphatic rings. The molecule has 0 aromatic heterocycles. The molecule has 0 unspecified atom stereocenters. The Hall–Kier alpha value is -3.22. The van der Waals surface area contributed by atoms with E-state index in [1.165, 1.54) is 17.3 Å². The summed E-state index contributed by atoms with van der Waals surface area (Å²) < 4.78 is 0. The van der Waals surface area contributed by atoms with Crippen LogP contribution in [-0.2, 0) is 6.54 Å². The number of fused-ring (bicyclic) bond motifs is 1. The molecule has 4 rings (SSSR count). The summed E-state index contributed by atoms with van der Waals surface area (Å²) in [5.41, 5.74) is 9.51. The maximum absolute atomic E-state index is 6.44. The first-order valence-corrected chi connectivity index (χ1v) is 10.2. The van der Waals surface area contributed by atoms with Crippen LogP contribution in [0.15, 0.2) is 106 Å². The predicted octanol–water partition coefficient (Wildman–Crippen LogP) is 4.14. The molecule has 0 saturated heterocycles. The molecule has 1 aliphatic heterocycles. The largest absolute Gasteiger partial charge is 0.390 e. The zero-order valence-electron chi connectivity index (χ0n) is 16.2. The summed E-state index contributed by atoms with van der Waals surface area (Å²) in [6.07, 6.45) is 0. The van der Waals surface area contributed by atoms with Crippen LogP contribution in [0.3, 0.4) is 0 Å². The Morgan fingerprint density at radius 2 is 1.55 bits per heavy atom. The molecule has 4 N–H and O–H groups in total. The average molecular weight is 402 g/mol. The smallest absolute Gasteiger partial charge is 0.180 e. The van der Waals surface area contributed by atoms with Gasteiger partial charge in [-0.05, 0) is 29.8 Å². The Morgan fingerprint density at radius 3 is 2.28 bits per heavy atom. The number of para-hydroxylation sites is 1. The average Bonchev–Trinajstić information content (AvgIpc) is 2.75. The topological polar surface area (TPSA) is 70.9 Å². The van der Waals surface area contributed by atoms with Crippen molar-refractivity contribution >= 4 is 23.3 Å². The van der Waals surface area contributed by atoms with E-state index < -0.39 is 0 Å². The minimum absolute atomic E-state index is 0.549. The Labute approximate surface area is 175 Å². The highest BCUT2D eigenvalue weighted by Gasteiger charge is 2.26. The van der Waals surface area contributed by atoms with E-state index in [9.17, 15) is 0 Å². The second-order valence-electron chi connectivity index (χ2n) is 6.77. The molecule has 0 bridgehead atoms. The van der Waals surface area contributed by atoms with Gasteiger partial charge in [0.2, 0.25) is 0 Å². The lowest BCUT2D eigenvalue weighted by Gasteiger charge is -2.32. The molecule has 0 saturated carbocycles. The van der Waals surface area contributed by atoms with E-state index in [1.807, 2.05) is 79.8 Å². The van der Waals surface area contributed by atoms with E-state index in [0.29, 0.717) is 10.9 Å². The Morgan fingerprint density at radius 1 is 0.931 bits per heavy atom. The lowest BCUT2D eigenvalue weighted by Crippen LogP contribution is -2.39. The Balaban J connectivity index is 1.73. The highest BCUT2D eigenvalue weighted by molar-refractivity contribution is 8.03. The molecule has 0 fully saturated rings. The third-order valence-corrected chi connectivity index (χ3v) is 5.57. The summed E-state index contributed by atoms with van der Waals surface area (Å²) in [5.74, 6) is 7.81. The van der Waals surface area contributed by atoms with Crippen LogP contribution in [0.2, 0.25) is 0 Å². The molecule has 6 heteroatoms. The number of anilines is 1. The SMILES string of the molecule is CN(Cc1ccccc1)C1=N/C(=C(/N)Sc2ccccc2)N(N)c2ccccc21. The molecule has 3 aromatic rings. The quantitative estimate of drug-likeness (QED) is 0.508. The number of thioether (sulfide) groups is 1. The van der Waals surface area contributed by atoms with Gasteiger partial charge in [-0.15, -0.1) is 0 Å². The van der Waals surface area contributed by atoms with Gasteiger partial charge in [0.15, 0.2) is 5.82 Å². The van der Waals surface area contributed by atoms with E-state index in [4.69, 9.17) is 16.6 Å². The number of nitrogens with zero attached hydrogens (tertiary/aromatic N) is 3. The van der Waals surface area contributed by atoms with Crippen LogP contribution < -0.4 is 16.6 Å². The van der Waals surface area contributed by atoms with Crippen molar-refractivity contribution in [2.75, 3.05) is 12.1 Å². The highest BCUT2D eigenvalue weighted by atomic mass is 32.2. The van der Waals surface area contributed by atoms with Gasteiger partial charge in [0.25, 0.3) is 0 Å². The summed E-state index contributed by atoms with van der Waals surface area (Å²) in [7, 11) is 2.03. The van der Waals surface area contributed by atoms with E-state index in [2.05, 4.69) is 17.0 Å². The van der Waals surface area contributed by atoms with E-state index in [-0.39, 0.29) is 0 Å². The van der Waals surface area contributed by atoms with Crippen molar-refractivity contribution in [1.29, 1.82) is 0 Å². The van der Waals surface area contributed by atoms with Gasteiger partial charge in [-0.3, -0.25) is 5.01 Å². The van der Waals surface area contributed by atoms with E-state index in [0.717, 1.165) is 28.5 Å². The number of benzene rings is 3. The van der Waals surface area contributed by atoms with Gasteiger partial charge in [-0.1, -0.05) is 72.4 Å². The summed E-state index contributed by atoms with van der Waals surface area (Å²) >= 11 is 1.46. The summed E-state index contributed by atoms with van der Waals surface area (Å²) in [6.45, 7) is 0.734. The van der Waals surface area contributed by atoms with Crippen LogP contribution in [0.25, 0.3) is 0 Å². The molecule has 0 atom stereocenters. The van der Waals surface area contributed by atoms with Crippen molar-refractivity contribution in [2.24, 2.45) is 16.6 Å². The van der Waals surface area contributed by atoms with Gasteiger partial charge in [-0.25, -0.2) is 10.8 Å². The Bertz CT molecular complexity index is 1050. The molecule has 0 aliphatic carbocycles. The van der Waals surface area contributed by atoms with Crippen molar-refractivity contribution in [2.45, 2.75) is 11.4 Å². The number of hydrazine groups is 1. The minimum Gasteiger partial charge on any atom is -0.390 e. The number of nitrogens with two attached hydrogens (primary N) is 2. The van der Waals surface area contributed by atoms with Gasteiger partial charge in [0.05, 0.1) is 5.69 Å². The summed E-state index contributed by atoms with van der Waals surface area (Å²) in [4.78, 5) is 8.04. The first-order chi connectivity index (χ1) is 14.1. The monoisotopic (exact) mass is 401 g/mol. The molecule has 5 nitrogen and oxygen atoms in total. The molecular formula is C23H23N5S. The number of rotatable bonds is 4. The van der Waals surface area contributed by atoms with Crippen molar-refractivity contribution < 1.29 is 0 Å². The normalized spacial score (nSPS) is 14.8. The zero-order valence-corrected chi connectivity index (χ0v) is 17.0. The fraction of sp³-hybridized carbons (Fsp3) is 0.0870. The highest BCUT2D eigenvalue weighted by Crippen LogP contribution is 2.33. The fourth-order valence-corrected chi connectivity index (χ4v) is 4.04. The van der Waals surface area contributed by atoms with Gasteiger partial charge in [0.1, 0.15) is 10.9 Å². The lowest BCUT2D eigenvalue weighted by atomic mass is 10.1. The lowest BCUT2D eigenvalue weighted by molar-refractivity contribution is 0.499. The fourth-order valence-electron chi connectivity index (χ4n) is 3.26. The second kappa shape index (κ2) is 8.43. The Kier molecular flexibility index (Phi) is 5.55. The first kappa shape index (κ1) is 19.1. The molecular weight excluding hydrogens is 378 g/mol. The zero-order chi connectivity index (χ0) is 20.2. The molecule has 0 radical (unpaired) electrons. The van der Waals surface area contributed by atoms with Gasteiger partial charge in [0, 0.05) is 24.1 Å². The maximum atomic E-state index is 6.44. The number of amidine groups is 1. The van der Waals surface area contributed by atoms with Gasteiger partial charge < -0.3 is 10.6 Å². The van der Waals surface area contributed by atoms with Crippen molar-refractivity contribution in [3.8, 4) is 0 Å². The third-order valence-electron chi connectivity index (χ3n) is 4.66. The van der Waals surface area contributed by atoms with Gasteiger partial charge >= 0.3 is 0 Å².